The van der Waals surface area contributed by atoms with E-state index in [9.17, 15) is 8.42 Å². The number of rotatable bonds is 5. The van der Waals surface area contributed by atoms with Crippen molar-refractivity contribution < 1.29 is 8.42 Å². The summed E-state index contributed by atoms with van der Waals surface area (Å²) in [6.45, 7) is 7.33. The van der Waals surface area contributed by atoms with E-state index in [1.165, 1.54) is 0 Å². The second-order valence-corrected chi connectivity index (χ2v) is 10.1. The Morgan fingerprint density at radius 1 is 1.25 bits per heavy atom. The molecule has 0 fully saturated rings. The predicted molar refractivity (Wildman–Crippen MR) is 103 cm³/mol. The molecule has 0 heterocycles. The van der Waals surface area contributed by atoms with E-state index in [-0.39, 0.29) is 18.3 Å². The van der Waals surface area contributed by atoms with Gasteiger partial charge in [0.15, 0.2) is 15.8 Å². The van der Waals surface area contributed by atoms with E-state index in [1.807, 2.05) is 13.0 Å². The third kappa shape index (κ3) is 5.83. The first-order valence-corrected chi connectivity index (χ1v) is 10.0. The second kappa shape index (κ2) is 8.41. The molecular weight excluding hydrogens is 369 g/mol. The number of nitrogens with one attached hydrogen (secondary N) is 2. The minimum absolute atomic E-state index is 0.0400. The Balaban J connectivity index is 2.64. The van der Waals surface area contributed by atoms with Crippen molar-refractivity contribution in [3.63, 3.8) is 0 Å². The normalized spacial score (nSPS) is 14.4. The average Bonchev–Trinajstić information content (AvgIpc) is 2.47. The molecule has 1 atom stereocenters. The van der Waals surface area contributed by atoms with Crippen LogP contribution in [0.1, 0.15) is 39.3 Å². The van der Waals surface area contributed by atoms with Gasteiger partial charge in [0, 0.05) is 13.6 Å². The van der Waals surface area contributed by atoms with Crippen LogP contribution in [-0.2, 0) is 9.84 Å². The molecule has 8 heteroatoms. The fourth-order valence-corrected chi connectivity index (χ4v) is 3.16. The van der Waals surface area contributed by atoms with Crippen LogP contribution in [0.25, 0.3) is 0 Å². The molecule has 136 valence electrons. The van der Waals surface area contributed by atoms with Crippen LogP contribution in [0, 0.1) is 0 Å². The Morgan fingerprint density at radius 3 is 2.38 bits per heavy atom. The van der Waals surface area contributed by atoms with E-state index in [2.05, 4.69) is 15.6 Å². The van der Waals surface area contributed by atoms with E-state index < -0.39 is 14.6 Å². The largest absolute Gasteiger partial charge is 0.355 e. The topological polar surface area (TPSA) is 70.6 Å². The molecule has 0 saturated carbocycles. The second-order valence-electron chi connectivity index (χ2n) is 6.47. The summed E-state index contributed by atoms with van der Waals surface area (Å²) in [7, 11) is -1.54. The number of aliphatic imine (C=N–C) groups is 1. The molecule has 1 unspecified atom stereocenters. The first-order chi connectivity index (χ1) is 11.0. The van der Waals surface area contributed by atoms with Gasteiger partial charge in [0.1, 0.15) is 0 Å². The highest BCUT2D eigenvalue weighted by Gasteiger charge is 2.28. The zero-order chi connectivity index (χ0) is 18.5. The summed E-state index contributed by atoms with van der Waals surface area (Å²) >= 11 is 12.0. The van der Waals surface area contributed by atoms with Crippen LogP contribution >= 0.6 is 23.2 Å². The molecule has 24 heavy (non-hydrogen) atoms. The van der Waals surface area contributed by atoms with E-state index in [1.54, 1.807) is 40.0 Å². The Kier molecular flexibility index (Phi) is 7.38. The van der Waals surface area contributed by atoms with E-state index in [0.29, 0.717) is 16.0 Å². The minimum atomic E-state index is -3.17. The summed E-state index contributed by atoms with van der Waals surface area (Å²) in [5.74, 6) is 0.566. The summed E-state index contributed by atoms with van der Waals surface area (Å²) < 4.78 is 23.5. The van der Waals surface area contributed by atoms with Gasteiger partial charge in [-0.1, -0.05) is 29.3 Å². The lowest BCUT2D eigenvalue weighted by Gasteiger charge is -2.21. The number of sulfone groups is 1. The molecule has 0 aliphatic carbocycles. The Bertz CT molecular complexity index is 698. The van der Waals surface area contributed by atoms with Crippen LogP contribution in [0.2, 0.25) is 10.0 Å². The van der Waals surface area contributed by atoms with Gasteiger partial charge in [0.25, 0.3) is 0 Å². The minimum Gasteiger partial charge on any atom is -0.355 e. The molecule has 0 radical (unpaired) electrons. The van der Waals surface area contributed by atoms with Gasteiger partial charge >= 0.3 is 0 Å². The van der Waals surface area contributed by atoms with Crippen molar-refractivity contribution in [3.8, 4) is 0 Å². The van der Waals surface area contributed by atoms with Crippen molar-refractivity contribution in [2.75, 3.05) is 19.3 Å². The molecule has 0 aliphatic heterocycles. The quantitative estimate of drug-likeness (QED) is 0.593. The van der Waals surface area contributed by atoms with E-state index in [0.717, 1.165) is 5.56 Å². The Hall–Kier alpha value is -0.980. The summed E-state index contributed by atoms with van der Waals surface area (Å²) in [4.78, 5) is 4.12. The number of halogens is 2. The lowest BCUT2D eigenvalue weighted by atomic mass is 10.1. The summed E-state index contributed by atoms with van der Waals surface area (Å²) in [6, 6.07) is 5.34. The third-order valence-electron chi connectivity index (χ3n) is 3.62. The molecule has 0 spiro atoms. The average molecular weight is 394 g/mol. The van der Waals surface area contributed by atoms with Crippen molar-refractivity contribution in [1.82, 2.24) is 10.6 Å². The van der Waals surface area contributed by atoms with Gasteiger partial charge in [0.2, 0.25) is 0 Å². The third-order valence-corrected chi connectivity index (χ3v) is 6.96. The van der Waals surface area contributed by atoms with Crippen LogP contribution in [-0.4, -0.2) is 38.5 Å². The number of nitrogens with zero attached hydrogens (tertiary/aromatic N) is 1. The summed E-state index contributed by atoms with van der Waals surface area (Å²) in [5, 5.41) is 7.21. The van der Waals surface area contributed by atoms with Gasteiger partial charge in [-0.05, 0) is 45.4 Å². The first kappa shape index (κ1) is 21.1. The number of hydrogen-bond acceptors (Lipinski definition) is 3. The van der Waals surface area contributed by atoms with E-state index >= 15 is 0 Å². The standard InChI is InChI=1S/C16H25Cl2N3O2S/c1-11(12-6-7-13(17)14(18)10-12)21-15(19-5)20-8-9-24(22,23)16(2,3)4/h6-7,10-11H,8-9H2,1-5H3,(H2,19,20,21). The van der Waals surface area contributed by atoms with Crippen LogP contribution in [0.5, 0.6) is 0 Å². The molecule has 1 aromatic carbocycles. The van der Waals surface area contributed by atoms with E-state index in [4.69, 9.17) is 23.2 Å². The maximum atomic E-state index is 12.1. The fourth-order valence-electron chi connectivity index (χ4n) is 1.87. The van der Waals surface area contributed by atoms with Crippen molar-refractivity contribution in [3.05, 3.63) is 33.8 Å². The summed E-state index contributed by atoms with van der Waals surface area (Å²) in [6.07, 6.45) is 0. The van der Waals surface area contributed by atoms with Crippen LogP contribution in [0.4, 0.5) is 0 Å². The fraction of sp³-hybridized carbons (Fsp3) is 0.562. The van der Waals surface area contributed by atoms with Crippen molar-refractivity contribution in [2.45, 2.75) is 38.5 Å². The smallest absolute Gasteiger partial charge is 0.191 e. The number of benzene rings is 1. The monoisotopic (exact) mass is 393 g/mol. The van der Waals surface area contributed by atoms with Gasteiger partial charge in [-0.15, -0.1) is 0 Å². The Labute approximate surface area is 154 Å². The molecule has 0 amide bonds. The summed E-state index contributed by atoms with van der Waals surface area (Å²) in [5.41, 5.74) is 0.953. The molecule has 0 saturated heterocycles. The SMILES string of the molecule is CN=C(NCCS(=O)(=O)C(C)(C)C)NC(C)c1ccc(Cl)c(Cl)c1. The molecule has 0 aromatic heterocycles. The molecule has 0 bridgehead atoms. The molecular formula is C16H25Cl2N3O2S. The van der Waals surface area contributed by atoms with Crippen molar-refractivity contribution >= 4 is 39.0 Å². The van der Waals surface area contributed by atoms with Crippen molar-refractivity contribution in [2.24, 2.45) is 4.99 Å². The van der Waals surface area contributed by atoms with Gasteiger partial charge in [-0.3, -0.25) is 4.99 Å². The molecule has 1 rings (SSSR count). The van der Waals surface area contributed by atoms with Crippen LogP contribution in [0.15, 0.2) is 23.2 Å². The maximum absolute atomic E-state index is 12.1. The molecule has 5 nitrogen and oxygen atoms in total. The van der Waals surface area contributed by atoms with Crippen molar-refractivity contribution in [1.29, 1.82) is 0 Å². The number of hydrogen-bond donors (Lipinski definition) is 2. The molecule has 0 aliphatic rings. The van der Waals surface area contributed by atoms with Gasteiger partial charge in [0.05, 0.1) is 26.6 Å². The highest BCUT2D eigenvalue weighted by atomic mass is 35.5. The van der Waals surface area contributed by atoms with Crippen LogP contribution < -0.4 is 10.6 Å². The Morgan fingerprint density at radius 2 is 1.88 bits per heavy atom. The zero-order valence-electron chi connectivity index (χ0n) is 14.7. The van der Waals surface area contributed by atoms with Gasteiger partial charge in [-0.2, -0.15) is 0 Å². The predicted octanol–water partition coefficient (Wildman–Crippen LogP) is 3.43. The van der Waals surface area contributed by atoms with Gasteiger partial charge < -0.3 is 10.6 Å². The highest BCUT2D eigenvalue weighted by molar-refractivity contribution is 7.92. The zero-order valence-corrected chi connectivity index (χ0v) is 17.0. The highest BCUT2D eigenvalue weighted by Crippen LogP contribution is 2.25. The van der Waals surface area contributed by atoms with Crippen LogP contribution in [0.3, 0.4) is 0 Å². The molecule has 2 N–H and O–H groups in total. The number of guanidine groups is 1. The maximum Gasteiger partial charge on any atom is 0.191 e. The lowest BCUT2D eigenvalue weighted by molar-refractivity contribution is 0.558. The lowest BCUT2D eigenvalue weighted by Crippen LogP contribution is -2.42. The molecule has 1 aromatic rings. The van der Waals surface area contributed by atoms with Gasteiger partial charge in [-0.25, -0.2) is 8.42 Å². The first-order valence-electron chi connectivity index (χ1n) is 7.62.